The number of aromatic nitrogens is 2. The SMILES string of the molecule is Cc1cccc(-c2cc(=O)n(C)c3ncccc23)c1. The van der Waals surface area contributed by atoms with Gasteiger partial charge in [0.2, 0.25) is 0 Å². The van der Waals surface area contributed by atoms with E-state index in [1.54, 1.807) is 23.9 Å². The Bertz CT molecular complexity index is 818. The van der Waals surface area contributed by atoms with Crippen molar-refractivity contribution in [3.8, 4) is 11.1 Å². The van der Waals surface area contributed by atoms with Crippen LogP contribution in [0, 0.1) is 6.92 Å². The number of nitrogens with zero attached hydrogens (tertiary/aromatic N) is 2. The second-order valence-electron chi connectivity index (χ2n) is 4.70. The zero-order chi connectivity index (χ0) is 13.4. The van der Waals surface area contributed by atoms with Gasteiger partial charge in [0.15, 0.2) is 0 Å². The highest BCUT2D eigenvalue weighted by molar-refractivity contribution is 5.92. The zero-order valence-corrected chi connectivity index (χ0v) is 10.9. The minimum Gasteiger partial charge on any atom is -0.296 e. The van der Waals surface area contributed by atoms with Crippen molar-refractivity contribution < 1.29 is 0 Å². The van der Waals surface area contributed by atoms with Gasteiger partial charge in [-0.25, -0.2) is 4.98 Å². The van der Waals surface area contributed by atoms with Crippen LogP contribution in [0.1, 0.15) is 5.56 Å². The second kappa shape index (κ2) is 4.35. The predicted octanol–water partition coefficient (Wildman–Crippen LogP) is 2.91. The number of hydrogen-bond acceptors (Lipinski definition) is 2. The largest absolute Gasteiger partial charge is 0.296 e. The Balaban J connectivity index is 2.42. The second-order valence-corrected chi connectivity index (χ2v) is 4.70. The van der Waals surface area contributed by atoms with Crippen LogP contribution in [0.3, 0.4) is 0 Å². The Morgan fingerprint density at radius 2 is 1.95 bits per heavy atom. The van der Waals surface area contributed by atoms with E-state index in [-0.39, 0.29) is 5.56 Å². The van der Waals surface area contributed by atoms with Crippen LogP contribution in [0.4, 0.5) is 0 Å². The van der Waals surface area contributed by atoms with Crippen LogP contribution in [-0.4, -0.2) is 9.55 Å². The molecule has 0 saturated carbocycles. The van der Waals surface area contributed by atoms with Gasteiger partial charge in [0.05, 0.1) is 0 Å². The Hall–Kier alpha value is -2.42. The molecule has 0 N–H and O–H groups in total. The van der Waals surface area contributed by atoms with E-state index in [4.69, 9.17) is 0 Å². The number of fused-ring (bicyclic) bond motifs is 1. The van der Waals surface area contributed by atoms with Gasteiger partial charge in [-0.3, -0.25) is 9.36 Å². The molecule has 1 aromatic carbocycles. The van der Waals surface area contributed by atoms with E-state index in [2.05, 4.69) is 11.1 Å². The van der Waals surface area contributed by atoms with E-state index in [0.29, 0.717) is 5.65 Å². The van der Waals surface area contributed by atoms with Gasteiger partial charge in [0.25, 0.3) is 5.56 Å². The average molecular weight is 250 g/mol. The highest BCUT2D eigenvalue weighted by atomic mass is 16.1. The number of hydrogen-bond donors (Lipinski definition) is 0. The third-order valence-electron chi connectivity index (χ3n) is 3.32. The van der Waals surface area contributed by atoms with Gasteiger partial charge in [-0.1, -0.05) is 29.8 Å². The third-order valence-corrected chi connectivity index (χ3v) is 3.32. The van der Waals surface area contributed by atoms with Crippen molar-refractivity contribution in [2.75, 3.05) is 0 Å². The van der Waals surface area contributed by atoms with Crippen LogP contribution < -0.4 is 5.56 Å². The molecule has 2 aromatic heterocycles. The minimum atomic E-state index is -0.0392. The summed E-state index contributed by atoms with van der Waals surface area (Å²) in [5, 5.41) is 0.996. The lowest BCUT2D eigenvalue weighted by molar-refractivity contribution is 0.888. The van der Waals surface area contributed by atoms with Gasteiger partial charge >= 0.3 is 0 Å². The van der Waals surface area contributed by atoms with Crippen LogP contribution in [0.5, 0.6) is 0 Å². The monoisotopic (exact) mass is 250 g/mol. The Morgan fingerprint density at radius 3 is 2.74 bits per heavy atom. The number of aryl methyl sites for hydroxylation is 2. The quantitative estimate of drug-likeness (QED) is 0.665. The molecule has 3 rings (SSSR count). The number of rotatable bonds is 1. The molecule has 19 heavy (non-hydrogen) atoms. The summed E-state index contributed by atoms with van der Waals surface area (Å²) < 4.78 is 1.58. The van der Waals surface area contributed by atoms with Gasteiger partial charge < -0.3 is 0 Å². The zero-order valence-electron chi connectivity index (χ0n) is 10.9. The fourth-order valence-electron chi connectivity index (χ4n) is 2.33. The lowest BCUT2D eigenvalue weighted by Crippen LogP contribution is -2.17. The molecule has 3 aromatic rings. The third kappa shape index (κ3) is 1.93. The highest BCUT2D eigenvalue weighted by Gasteiger charge is 2.08. The smallest absolute Gasteiger partial charge is 0.252 e. The van der Waals surface area contributed by atoms with Crippen LogP contribution in [-0.2, 0) is 7.05 Å². The number of benzene rings is 1. The first-order valence-electron chi connectivity index (χ1n) is 6.18. The lowest BCUT2D eigenvalue weighted by Gasteiger charge is -2.09. The molecule has 0 saturated heterocycles. The van der Waals surface area contributed by atoms with E-state index in [1.165, 1.54) is 5.56 Å². The van der Waals surface area contributed by atoms with E-state index in [9.17, 15) is 4.79 Å². The summed E-state index contributed by atoms with van der Waals surface area (Å²) >= 11 is 0. The molecule has 0 bridgehead atoms. The molecule has 0 amide bonds. The molecule has 94 valence electrons. The van der Waals surface area contributed by atoms with Crippen molar-refractivity contribution in [3.63, 3.8) is 0 Å². The van der Waals surface area contributed by atoms with Crippen molar-refractivity contribution in [1.82, 2.24) is 9.55 Å². The lowest BCUT2D eigenvalue weighted by atomic mass is 10.0. The maximum atomic E-state index is 12.0. The maximum Gasteiger partial charge on any atom is 0.252 e. The first kappa shape index (κ1) is 11.7. The summed E-state index contributed by atoms with van der Waals surface area (Å²) in [5.74, 6) is 0. The first-order valence-corrected chi connectivity index (χ1v) is 6.18. The molecule has 0 fully saturated rings. The fraction of sp³-hybridized carbons (Fsp3) is 0.125. The number of pyridine rings is 2. The topological polar surface area (TPSA) is 34.9 Å². The highest BCUT2D eigenvalue weighted by Crippen LogP contribution is 2.26. The Kier molecular flexibility index (Phi) is 2.67. The summed E-state index contributed by atoms with van der Waals surface area (Å²) in [6.45, 7) is 2.05. The van der Waals surface area contributed by atoms with Gasteiger partial charge in [-0.2, -0.15) is 0 Å². The van der Waals surface area contributed by atoms with Gasteiger partial charge in [-0.15, -0.1) is 0 Å². The molecule has 3 heteroatoms. The molecule has 0 aliphatic heterocycles. The van der Waals surface area contributed by atoms with Crippen molar-refractivity contribution in [2.45, 2.75) is 6.92 Å². The normalized spacial score (nSPS) is 10.8. The van der Waals surface area contributed by atoms with Gasteiger partial charge in [0.1, 0.15) is 5.65 Å². The van der Waals surface area contributed by atoms with E-state index in [1.807, 2.05) is 37.3 Å². The Labute approximate surface area is 111 Å². The summed E-state index contributed by atoms with van der Waals surface area (Å²) in [4.78, 5) is 16.3. The summed E-state index contributed by atoms with van der Waals surface area (Å²) in [6, 6.07) is 13.7. The van der Waals surface area contributed by atoms with Crippen LogP contribution >= 0.6 is 0 Å². The van der Waals surface area contributed by atoms with E-state index in [0.717, 1.165) is 16.5 Å². The van der Waals surface area contributed by atoms with E-state index >= 15 is 0 Å². The minimum absolute atomic E-state index is 0.0392. The van der Waals surface area contributed by atoms with Crippen LogP contribution in [0.25, 0.3) is 22.2 Å². The van der Waals surface area contributed by atoms with Crippen molar-refractivity contribution in [1.29, 1.82) is 0 Å². The molecule has 0 spiro atoms. The standard InChI is InChI=1S/C16H14N2O/c1-11-5-3-6-12(9-11)14-10-15(19)18(2)16-13(14)7-4-8-17-16/h3-10H,1-2H3. The molecule has 0 aliphatic rings. The van der Waals surface area contributed by atoms with Gasteiger partial charge in [0, 0.05) is 24.7 Å². The molecule has 0 radical (unpaired) electrons. The van der Waals surface area contributed by atoms with E-state index < -0.39 is 0 Å². The van der Waals surface area contributed by atoms with Crippen LogP contribution in [0.15, 0.2) is 53.5 Å². The average Bonchev–Trinajstić information content (AvgIpc) is 2.43. The molecule has 0 atom stereocenters. The van der Waals surface area contributed by atoms with Crippen LogP contribution in [0.2, 0.25) is 0 Å². The molecule has 2 heterocycles. The molecular formula is C16H14N2O. The Morgan fingerprint density at radius 1 is 1.11 bits per heavy atom. The summed E-state index contributed by atoms with van der Waals surface area (Å²) in [5.41, 5.74) is 3.84. The maximum absolute atomic E-state index is 12.0. The summed E-state index contributed by atoms with van der Waals surface area (Å²) in [6.07, 6.45) is 1.71. The molecular weight excluding hydrogens is 236 g/mol. The molecule has 3 nitrogen and oxygen atoms in total. The van der Waals surface area contributed by atoms with Crippen molar-refractivity contribution in [2.24, 2.45) is 7.05 Å². The van der Waals surface area contributed by atoms with Gasteiger partial charge in [-0.05, 0) is 30.2 Å². The van der Waals surface area contributed by atoms with Crippen molar-refractivity contribution in [3.05, 3.63) is 64.6 Å². The summed E-state index contributed by atoms with van der Waals surface area (Å²) in [7, 11) is 1.75. The predicted molar refractivity (Wildman–Crippen MR) is 77.2 cm³/mol. The first-order chi connectivity index (χ1) is 9.16. The van der Waals surface area contributed by atoms with Crippen molar-refractivity contribution >= 4 is 11.0 Å². The molecule has 0 aliphatic carbocycles. The molecule has 0 unspecified atom stereocenters. The fourth-order valence-corrected chi connectivity index (χ4v) is 2.33.